The van der Waals surface area contributed by atoms with Crippen LogP contribution in [0.1, 0.15) is 27.8 Å². The van der Waals surface area contributed by atoms with Crippen molar-refractivity contribution < 1.29 is 38.1 Å². The third-order valence-electron chi connectivity index (χ3n) is 6.92. The maximum absolute atomic E-state index is 13.4. The molecule has 2 atom stereocenters. The van der Waals surface area contributed by atoms with Crippen molar-refractivity contribution in [1.82, 2.24) is 0 Å². The average Bonchev–Trinajstić information content (AvgIpc) is 3.03. The number of benzene rings is 4. The minimum atomic E-state index is -1.95. The van der Waals surface area contributed by atoms with Gasteiger partial charge in [-0.15, -0.1) is 0 Å². The fourth-order valence-electron chi connectivity index (χ4n) is 4.60. The number of carboxylic acid groups (broad SMARTS) is 2. The lowest BCUT2D eigenvalue weighted by atomic mass is 10.1. The van der Waals surface area contributed by atoms with Crippen LogP contribution in [0.3, 0.4) is 0 Å². The van der Waals surface area contributed by atoms with Crippen molar-refractivity contribution in [2.75, 3.05) is 24.7 Å². The van der Waals surface area contributed by atoms with Gasteiger partial charge >= 0.3 is 11.9 Å². The molecule has 0 aromatic heterocycles. The number of carbonyl (C=O) groups is 2. The summed E-state index contributed by atoms with van der Waals surface area (Å²) in [5, 5.41) is 24.1. The normalized spacial score (nSPS) is 11.9. The highest BCUT2D eigenvalue weighted by Gasteiger charge is 2.20. The van der Waals surface area contributed by atoms with Gasteiger partial charge in [0.1, 0.15) is 24.7 Å². The minimum absolute atomic E-state index is 0.198. The van der Waals surface area contributed by atoms with Gasteiger partial charge in [0.05, 0.1) is 17.9 Å². The van der Waals surface area contributed by atoms with Gasteiger partial charge in [-0.1, -0.05) is 17.7 Å². The van der Waals surface area contributed by atoms with Gasteiger partial charge in [0, 0.05) is 43.3 Å². The van der Waals surface area contributed by atoms with E-state index in [1.54, 1.807) is 37.4 Å². The molecule has 0 saturated carbocycles. The Morgan fingerprint density at radius 3 is 1.42 bits per heavy atom. The summed E-state index contributed by atoms with van der Waals surface area (Å²) in [5.41, 5.74) is 6.02. The smallest absolute Gasteiger partial charge is 0.338 e. The van der Waals surface area contributed by atoms with Crippen LogP contribution in [0.5, 0.6) is 11.5 Å². The molecule has 0 heterocycles. The maximum Gasteiger partial charge on any atom is 0.338 e. The molecule has 0 aliphatic carbocycles. The number of aliphatic carboxylic acids is 2. The number of anilines is 2. The average molecular weight is 971 g/mol. The van der Waals surface area contributed by atoms with Gasteiger partial charge in [0.2, 0.25) is 12.3 Å². The van der Waals surface area contributed by atoms with Crippen molar-refractivity contribution in [2.45, 2.75) is 45.3 Å². The first-order valence-electron chi connectivity index (χ1n) is 14.8. The fraction of sp³-hybridized carbons (Fsp3) is 0.257. The van der Waals surface area contributed by atoms with Crippen LogP contribution >= 0.6 is 75.3 Å². The van der Waals surface area contributed by atoms with Crippen LogP contribution in [0, 0.1) is 6.92 Å². The van der Waals surface area contributed by atoms with E-state index in [9.17, 15) is 18.4 Å². The quantitative estimate of drug-likeness (QED) is 0.0987. The first-order valence-corrected chi connectivity index (χ1v) is 18.4. The molecular formula is C35H33Br4ClF2N2O6. The van der Waals surface area contributed by atoms with Crippen molar-refractivity contribution in [3.05, 3.63) is 111 Å². The van der Waals surface area contributed by atoms with Gasteiger partial charge < -0.3 is 30.3 Å². The van der Waals surface area contributed by atoms with E-state index in [4.69, 9.17) is 31.3 Å². The van der Waals surface area contributed by atoms with Crippen molar-refractivity contribution in [3.8, 4) is 11.5 Å². The lowest BCUT2D eigenvalue weighted by molar-refractivity contribution is -0.143. The molecule has 0 radical (unpaired) electrons. The first-order chi connectivity index (χ1) is 23.6. The van der Waals surface area contributed by atoms with E-state index in [1.807, 2.05) is 44.3 Å². The van der Waals surface area contributed by atoms with Gasteiger partial charge in [0.25, 0.3) is 0 Å². The monoisotopic (exact) mass is 966 g/mol. The van der Waals surface area contributed by atoms with Crippen LogP contribution in [-0.2, 0) is 35.6 Å². The molecule has 0 amide bonds. The molecule has 4 aromatic rings. The van der Waals surface area contributed by atoms with E-state index in [2.05, 4.69) is 74.4 Å². The Kier molecular flexibility index (Phi) is 16.3. The second-order valence-electron chi connectivity index (χ2n) is 10.9. The summed E-state index contributed by atoms with van der Waals surface area (Å²) in [6.45, 7) is 2.67. The molecule has 4 rings (SSSR count). The number of carboxylic acids is 2. The van der Waals surface area contributed by atoms with Gasteiger partial charge in [-0.05, 0) is 153 Å². The molecule has 15 heteroatoms. The second-order valence-corrected chi connectivity index (χ2v) is 14.8. The zero-order valence-corrected chi connectivity index (χ0v) is 34.0. The van der Waals surface area contributed by atoms with Crippen LogP contribution in [-0.4, -0.2) is 48.6 Å². The van der Waals surface area contributed by atoms with Crippen LogP contribution in [0.25, 0.3) is 0 Å². The summed E-state index contributed by atoms with van der Waals surface area (Å²) < 4.78 is 40.9. The lowest BCUT2D eigenvalue weighted by Crippen LogP contribution is -2.17. The molecule has 0 fully saturated rings. The standard InChI is InChI=1S/C18H18Br2FNO3.C17H15Br2ClFNO3/c1-10-3-12(5-13(4-10)22-2)9-25-17-14(19)6-11(7-15(17)20)8-16(21)18(23)24;1-22-12-3-10(2-11(20)7-12)8-25-16-13(18)4-9(5-14(16)19)6-15(21)17(23)24/h3-7,16,22H,8-9H2,1-2H3,(H,23,24);2-5,7,15,22H,6,8H2,1H3,(H,23,24). The predicted molar refractivity (Wildman–Crippen MR) is 207 cm³/mol. The minimum Gasteiger partial charge on any atom is -0.487 e. The number of aryl methyl sites for hydroxylation is 1. The highest BCUT2D eigenvalue weighted by molar-refractivity contribution is 9.11. The highest BCUT2D eigenvalue weighted by Crippen LogP contribution is 2.37. The Balaban J connectivity index is 0.000000270. The zero-order valence-electron chi connectivity index (χ0n) is 26.9. The zero-order chi connectivity index (χ0) is 37.1. The summed E-state index contributed by atoms with van der Waals surface area (Å²) in [6, 6.07) is 18.2. The molecule has 0 saturated heterocycles. The number of ether oxygens (including phenoxy) is 2. The Morgan fingerprint density at radius 2 is 1.04 bits per heavy atom. The summed E-state index contributed by atoms with van der Waals surface area (Å²) in [6.07, 6.45) is -4.29. The van der Waals surface area contributed by atoms with E-state index in [0.717, 1.165) is 28.1 Å². The summed E-state index contributed by atoms with van der Waals surface area (Å²) in [7, 11) is 3.66. The van der Waals surface area contributed by atoms with Gasteiger partial charge in [-0.25, -0.2) is 18.4 Å². The van der Waals surface area contributed by atoms with Gasteiger partial charge in [0.15, 0.2) is 0 Å². The number of hydrogen-bond acceptors (Lipinski definition) is 6. The molecule has 4 aromatic carbocycles. The number of rotatable bonds is 14. The van der Waals surface area contributed by atoms with Crippen molar-refractivity contribution >= 4 is 98.6 Å². The Bertz CT molecular complexity index is 1660. The molecule has 2 unspecified atom stereocenters. The van der Waals surface area contributed by atoms with Crippen LogP contribution in [0.4, 0.5) is 20.2 Å². The van der Waals surface area contributed by atoms with E-state index in [0.29, 0.717) is 52.1 Å². The topological polar surface area (TPSA) is 117 Å². The van der Waals surface area contributed by atoms with Crippen molar-refractivity contribution in [2.24, 2.45) is 0 Å². The summed E-state index contributed by atoms with van der Waals surface area (Å²) in [5.74, 6) is -1.82. The predicted octanol–water partition coefficient (Wildman–Crippen LogP) is 10.6. The molecule has 0 aliphatic heterocycles. The summed E-state index contributed by atoms with van der Waals surface area (Å²) >= 11 is 19.6. The van der Waals surface area contributed by atoms with Crippen molar-refractivity contribution in [1.29, 1.82) is 0 Å². The van der Waals surface area contributed by atoms with Crippen LogP contribution in [0.15, 0.2) is 78.6 Å². The number of halogens is 7. The molecule has 0 aliphatic rings. The molecular weight excluding hydrogens is 937 g/mol. The number of nitrogens with one attached hydrogen (secondary N) is 2. The number of alkyl halides is 2. The SMILES string of the molecule is CNc1cc(C)cc(COc2c(Br)cc(CC(F)C(=O)O)cc2Br)c1.CNc1cc(Cl)cc(COc2c(Br)cc(CC(F)C(=O)O)cc2Br)c1. The lowest BCUT2D eigenvalue weighted by Gasteiger charge is -2.14. The van der Waals surface area contributed by atoms with E-state index >= 15 is 0 Å². The van der Waals surface area contributed by atoms with Crippen LogP contribution in [0.2, 0.25) is 5.02 Å². The molecule has 4 N–H and O–H groups in total. The second kappa shape index (κ2) is 19.6. The summed E-state index contributed by atoms with van der Waals surface area (Å²) in [4.78, 5) is 21.3. The van der Waals surface area contributed by atoms with E-state index in [-0.39, 0.29) is 19.4 Å². The third kappa shape index (κ3) is 12.7. The Labute approximate surface area is 327 Å². The van der Waals surface area contributed by atoms with Crippen LogP contribution < -0.4 is 20.1 Å². The van der Waals surface area contributed by atoms with Gasteiger partial charge in [-0.3, -0.25) is 0 Å². The van der Waals surface area contributed by atoms with E-state index < -0.39 is 24.3 Å². The fourth-order valence-corrected chi connectivity index (χ4v) is 7.88. The first kappa shape index (κ1) is 41.5. The largest absolute Gasteiger partial charge is 0.487 e. The van der Waals surface area contributed by atoms with E-state index in [1.165, 1.54) is 0 Å². The highest BCUT2D eigenvalue weighted by atomic mass is 79.9. The van der Waals surface area contributed by atoms with Crippen molar-refractivity contribution in [3.63, 3.8) is 0 Å². The Morgan fingerprint density at radius 1 is 0.660 bits per heavy atom. The maximum atomic E-state index is 13.4. The van der Waals surface area contributed by atoms with Gasteiger partial charge in [-0.2, -0.15) is 0 Å². The molecule has 0 spiro atoms. The Hall–Kier alpha value is -2.91. The third-order valence-corrected chi connectivity index (χ3v) is 9.49. The molecule has 8 nitrogen and oxygen atoms in total. The molecule has 50 heavy (non-hydrogen) atoms. The number of hydrogen-bond donors (Lipinski definition) is 4. The molecule has 0 bridgehead atoms. The molecule has 268 valence electrons.